The Balaban J connectivity index is 1.40. The molecule has 1 unspecified atom stereocenters. The van der Waals surface area contributed by atoms with E-state index in [4.69, 9.17) is 0 Å². The largest absolute Gasteiger partial charge is 0.342 e. The van der Waals surface area contributed by atoms with Crippen molar-refractivity contribution in [1.82, 2.24) is 26.3 Å². The number of carbonyl (C=O) groups is 3. The number of ketones is 1. The Morgan fingerprint density at radius 1 is 1.23 bits per heavy atom. The molecule has 35 heavy (non-hydrogen) atoms. The lowest BCUT2D eigenvalue weighted by atomic mass is 10.0. The zero-order valence-corrected chi connectivity index (χ0v) is 18.9. The fraction of sp³-hybridized carbons (Fsp3) is 0.435. The Bertz CT molecular complexity index is 1220. The van der Waals surface area contributed by atoms with Gasteiger partial charge >= 0.3 is 0 Å². The van der Waals surface area contributed by atoms with Gasteiger partial charge in [0.25, 0.3) is 24.0 Å². The number of anilines is 1. The van der Waals surface area contributed by atoms with Crippen LogP contribution in [0.15, 0.2) is 18.2 Å². The van der Waals surface area contributed by atoms with E-state index in [-0.39, 0.29) is 23.0 Å². The first-order valence-electron chi connectivity index (χ1n) is 11.4. The number of hydrazine groups is 2. The zero-order valence-electron chi connectivity index (χ0n) is 18.9. The van der Waals surface area contributed by atoms with Gasteiger partial charge in [0.15, 0.2) is 0 Å². The van der Waals surface area contributed by atoms with E-state index in [9.17, 15) is 27.6 Å². The SMILES string of the molecule is Cc1c(C(=O)C(=O)NC2(C3CNNN3)CC2)c2n(c1C(=O)Nc1ccc(F)c(C(F)F)c1)CCC2. The van der Waals surface area contributed by atoms with Crippen LogP contribution in [0, 0.1) is 12.7 Å². The number of aromatic nitrogens is 1. The van der Waals surface area contributed by atoms with E-state index in [1.165, 1.54) is 6.07 Å². The van der Waals surface area contributed by atoms with Gasteiger partial charge in [-0.1, -0.05) is 0 Å². The molecule has 12 heteroatoms. The molecular formula is C23H25F3N6O3. The van der Waals surface area contributed by atoms with E-state index < -0.39 is 40.9 Å². The molecule has 1 atom stereocenters. The van der Waals surface area contributed by atoms with E-state index >= 15 is 0 Å². The molecule has 2 aromatic rings. The predicted octanol–water partition coefficient (Wildman–Crippen LogP) is 1.88. The molecule has 3 heterocycles. The minimum atomic E-state index is -3.03. The lowest BCUT2D eigenvalue weighted by molar-refractivity contribution is -0.118. The number of nitrogens with zero attached hydrogens (tertiary/aromatic N) is 1. The number of nitrogens with one attached hydrogen (secondary N) is 5. The summed E-state index contributed by atoms with van der Waals surface area (Å²) in [6.07, 6.45) is -0.332. The van der Waals surface area contributed by atoms with Crippen LogP contribution in [-0.2, 0) is 17.8 Å². The number of fused-ring (bicyclic) bond motifs is 1. The molecule has 1 saturated heterocycles. The highest BCUT2D eigenvalue weighted by atomic mass is 19.3. The topological polar surface area (TPSA) is 116 Å². The van der Waals surface area contributed by atoms with Crippen molar-refractivity contribution in [3.05, 3.63) is 52.1 Å². The molecule has 5 rings (SSSR count). The maximum atomic E-state index is 13.6. The molecule has 0 bridgehead atoms. The smallest absolute Gasteiger partial charge is 0.292 e. The van der Waals surface area contributed by atoms with Crippen LogP contribution in [0.25, 0.3) is 0 Å². The highest BCUT2D eigenvalue weighted by molar-refractivity contribution is 6.44. The molecule has 1 aromatic carbocycles. The number of hydrogen-bond donors (Lipinski definition) is 5. The average Bonchev–Trinajstić information content (AvgIpc) is 3.18. The van der Waals surface area contributed by atoms with Crippen LogP contribution in [-0.4, -0.2) is 40.3 Å². The summed E-state index contributed by atoms with van der Waals surface area (Å²) in [6, 6.07) is 2.88. The fourth-order valence-corrected chi connectivity index (χ4v) is 5.06. The van der Waals surface area contributed by atoms with Crippen molar-refractivity contribution in [3.63, 3.8) is 0 Å². The van der Waals surface area contributed by atoms with Crippen molar-refractivity contribution in [3.8, 4) is 0 Å². The number of halogens is 3. The molecule has 0 spiro atoms. The first kappa shape index (κ1) is 23.5. The van der Waals surface area contributed by atoms with Crippen molar-refractivity contribution < 1.29 is 27.6 Å². The normalized spacial score (nSPS) is 20.1. The van der Waals surface area contributed by atoms with Gasteiger partial charge in [0, 0.05) is 24.5 Å². The second kappa shape index (κ2) is 8.77. The highest BCUT2D eigenvalue weighted by Gasteiger charge is 2.52. The molecule has 9 nitrogen and oxygen atoms in total. The maximum Gasteiger partial charge on any atom is 0.292 e. The van der Waals surface area contributed by atoms with Gasteiger partial charge in [-0.05, 0) is 56.4 Å². The number of amides is 2. The number of benzene rings is 1. The molecule has 1 aliphatic carbocycles. The summed E-state index contributed by atoms with van der Waals surface area (Å²) in [4.78, 5) is 39.4. The van der Waals surface area contributed by atoms with E-state index in [1.54, 1.807) is 11.5 Å². The lowest BCUT2D eigenvalue weighted by Gasteiger charge is -2.22. The fourth-order valence-electron chi connectivity index (χ4n) is 5.06. The van der Waals surface area contributed by atoms with Crippen LogP contribution in [0.2, 0.25) is 0 Å². The van der Waals surface area contributed by atoms with Gasteiger partial charge in [-0.15, -0.1) is 0 Å². The van der Waals surface area contributed by atoms with Crippen LogP contribution >= 0.6 is 0 Å². The summed E-state index contributed by atoms with van der Waals surface area (Å²) in [5, 5.41) is 5.40. The minimum Gasteiger partial charge on any atom is -0.342 e. The van der Waals surface area contributed by atoms with E-state index in [1.807, 2.05) is 0 Å². The average molecular weight is 490 g/mol. The number of alkyl halides is 2. The third-order valence-corrected chi connectivity index (χ3v) is 7.01. The molecule has 2 aliphatic heterocycles. The van der Waals surface area contributed by atoms with Gasteiger partial charge in [0.2, 0.25) is 0 Å². The van der Waals surface area contributed by atoms with Crippen LogP contribution in [0.3, 0.4) is 0 Å². The Morgan fingerprint density at radius 2 is 2.00 bits per heavy atom. The second-order valence-electron chi connectivity index (χ2n) is 9.18. The van der Waals surface area contributed by atoms with Gasteiger partial charge in [-0.2, -0.15) is 5.53 Å². The summed E-state index contributed by atoms with van der Waals surface area (Å²) in [6.45, 7) is 2.66. The van der Waals surface area contributed by atoms with Crippen molar-refractivity contribution in [2.75, 3.05) is 11.9 Å². The number of Topliss-reactive ketones (excluding diaryl/α,β-unsaturated/α-hetero) is 1. The first-order valence-corrected chi connectivity index (χ1v) is 11.4. The third-order valence-electron chi connectivity index (χ3n) is 7.01. The standard InChI is InChI=1S/C23H25F3N6O3/c1-11-17(19(33)22(35)29-23(6-7-23)16-10-27-31-30-16)15-3-2-8-32(15)18(11)21(34)28-12-4-5-14(24)13(9-12)20(25)26/h4-5,9,16,20,27,30-31H,2-3,6-8,10H2,1H3,(H,28,34)(H,29,35). The predicted molar refractivity (Wildman–Crippen MR) is 119 cm³/mol. The lowest BCUT2D eigenvalue weighted by Crippen LogP contribution is -2.53. The van der Waals surface area contributed by atoms with Gasteiger partial charge in [0.05, 0.1) is 22.7 Å². The van der Waals surface area contributed by atoms with Crippen molar-refractivity contribution in [2.45, 2.75) is 57.2 Å². The summed E-state index contributed by atoms with van der Waals surface area (Å²) in [7, 11) is 0. The summed E-state index contributed by atoms with van der Waals surface area (Å²) >= 11 is 0. The molecular weight excluding hydrogens is 465 g/mol. The number of hydrogen-bond acceptors (Lipinski definition) is 6. The van der Waals surface area contributed by atoms with Gasteiger partial charge in [-0.3, -0.25) is 14.4 Å². The monoisotopic (exact) mass is 490 g/mol. The third kappa shape index (κ3) is 4.11. The Kier molecular flexibility index (Phi) is 5.90. The Labute approximate surface area is 198 Å². The molecule has 3 aliphatic rings. The minimum absolute atomic E-state index is 0.00669. The molecule has 186 valence electrons. The quantitative estimate of drug-likeness (QED) is 0.299. The molecule has 2 amide bonds. The van der Waals surface area contributed by atoms with Crippen LogP contribution in [0.5, 0.6) is 0 Å². The van der Waals surface area contributed by atoms with E-state index in [0.717, 1.165) is 25.0 Å². The maximum absolute atomic E-state index is 13.6. The van der Waals surface area contributed by atoms with Crippen molar-refractivity contribution in [1.29, 1.82) is 0 Å². The molecule has 1 saturated carbocycles. The van der Waals surface area contributed by atoms with Gasteiger partial charge in [-0.25, -0.2) is 24.0 Å². The summed E-state index contributed by atoms with van der Waals surface area (Å²) in [5.74, 6) is -3.13. The van der Waals surface area contributed by atoms with Crippen molar-refractivity contribution in [2.24, 2.45) is 0 Å². The van der Waals surface area contributed by atoms with Gasteiger partial charge in [0.1, 0.15) is 11.5 Å². The van der Waals surface area contributed by atoms with E-state index in [0.29, 0.717) is 37.2 Å². The van der Waals surface area contributed by atoms with Gasteiger partial charge < -0.3 is 15.2 Å². The van der Waals surface area contributed by atoms with Crippen LogP contribution < -0.4 is 27.0 Å². The Hall–Kier alpha value is -3.22. The number of carbonyl (C=O) groups excluding carboxylic acids is 3. The number of rotatable bonds is 7. The molecule has 5 N–H and O–H groups in total. The molecule has 1 aromatic heterocycles. The van der Waals surface area contributed by atoms with Crippen LogP contribution in [0.1, 0.15) is 63.4 Å². The van der Waals surface area contributed by atoms with Crippen LogP contribution in [0.4, 0.5) is 18.9 Å². The summed E-state index contributed by atoms with van der Waals surface area (Å²) in [5.41, 5.74) is 8.79. The highest BCUT2D eigenvalue weighted by Crippen LogP contribution is 2.39. The first-order chi connectivity index (χ1) is 16.7. The molecule has 2 fully saturated rings. The summed E-state index contributed by atoms with van der Waals surface area (Å²) < 4.78 is 41.4. The second-order valence-corrected chi connectivity index (χ2v) is 9.18. The Morgan fingerprint density at radius 3 is 2.66 bits per heavy atom. The van der Waals surface area contributed by atoms with E-state index in [2.05, 4.69) is 27.0 Å². The van der Waals surface area contributed by atoms with Crippen molar-refractivity contribution >= 4 is 23.3 Å². The molecule has 0 radical (unpaired) electrons. The zero-order chi connectivity index (χ0) is 24.9.